The van der Waals surface area contributed by atoms with Crippen LogP contribution in [0, 0.1) is 0 Å². The second kappa shape index (κ2) is 9.03. The highest BCUT2D eigenvalue weighted by atomic mass is 16.5. The van der Waals surface area contributed by atoms with Gasteiger partial charge in [0.15, 0.2) is 5.78 Å². The minimum absolute atomic E-state index is 0.0300. The van der Waals surface area contributed by atoms with E-state index in [0.717, 1.165) is 0 Å². The molecule has 0 fully saturated rings. The Hall–Kier alpha value is -4.72. The van der Waals surface area contributed by atoms with Crippen molar-refractivity contribution >= 4 is 29.6 Å². The summed E-state index contributed by atoms with van der Waals surface area (Å²) in [5, 5.41) is 20.4. The highest BCUT2D eigenvalue weighted by molar-refractivity contribution is 6.30. The van der Waals surface area contributed by atoms with Gasteiger partial charge in [-0.25, -0.2) is 4.79 Å². The Labute approximate surface area is 193 Å². The van der Waals surface area contributed by atoms with Crippen LogP contribution in [0.1, 0.15) is 49.9 Å². The fourth-order valence-electron chi connectivity index (χ4n) is 3.60. The molecule has 3 aromatic carbocycles. The fraction of sp³-hybridized carbons (Fsp3) is 0.0769. The molecule has 170 valence electrons. The highest BCUT2D eigenvalue weighted by Crippen LogP contribution is 2.37. The number of hydrogen-bond acceptors (Lipinski definition) is 8. The van der Waals surface area contributed by atoms with Crippen LogP contribution in [-0.2, 0) is 20.9 Å². The van der Waals surface area contributed by atoms with E-state index in [1.54, 1.807) is 24.3 Å². The third kappa shape index (κ3) is 4.42. The minimum Gasteiger partial charge on any atom is -0.507 e. The first-order valence-corrected chi connectivity index (χ1v) is 10.1. The number of hydrogen-bond donors (Lipinski definition) is 2. The van der Waals surface area contributed by atoms with Crippen LogP contribution in [0.4, 0.5) is 0 Å². The molecule has 8 nitrogen and oxygen atoms in total. The van der Waals surface area contributed by atoms with Gasteiger partial charge in [-0.2, -0.15) is 0 Å². The van der Waals surface area contributed by atoms with Crippen LogP contribution >= 0.6 is 0 Å². The van der Waals surface area contributed by atoms with E-state index in [2.05, 4.69) is 0 Å². The van der Waals surface area contributed by atoms with Crippen molar-refractivity contribution in [1.29, 1.82) is 0 Å². The Balaban J connectivity index is 1.47. The molecule has 2 N–H and O–H groups in total. The monoisotopic (exact) mass is 458 g/mol. The van der Waals surface area contributed by atoms with Crippen molar-refractivity contribution in [2.45, 2.75) is 13.5 Å². The Morgan fingerprint density at radius 2 is 1.59 bits per heavy atom. The molecule has 0 aliphatic heterocycles. The zero-order valence-electron chi connectivity index (χ0n) is 17.9. The largest absolute Gasteiger partial charge is 0.507 e. The predicted molar refractivity (Wildman–Crippen MR) is 120 cm³/mol. The first kappa shape index (κ1) is 22.5. The number of aromatic hydroxyl groups is 2. The lowest BCUT2D eigenvalue weighted by Crippen LogP contribution is -2.21. The number of rotatable bonds is 5. The number of ether oxygens (including phenoxy) is 2. The maximum absolute atomic E-state index is 12.9. The number of carbonyl (C=O) groups is 4. The van der Waals surface area contributed by atoms with Gasteiger partial charge in [-0.1, -0.05) is 24.3 Å². The van der Waals surface area contributed by atoms with Crippen molar-refractivity contribution in [3.63, 3.8) is 0 Å². The summed E-state index contributed by atoms with van der Waals surface area (Å²) >= 11 is 0. The summed E-state index contributed by atoms with van der Waals surface area (Å²) < 4.78 is 10.1. The summed E-state index contributed by atoms with van der Waals surface area (Å²) in [4.78, 5) is 48.7. The summed E-state index contributed by atoms with van der Waals surface area (Å²) in [6, 6.07) is 13.3. The number of esters is 2. The van der Waals surface area contributed by atoms with Crippen LogP contribution in [-0.4, -0.2) is 33.7 Å². The Bertz CT molecular complexity index is 1370. The third-order valence-electron chi connectivity index (χ3n) is 5.10. The topological polar surface area (TPSA) is 127 Å². The van der Waals surface area contributed by atoms with Gasteiger partial charge in [0, 0.05) is 24.1 Å². The maximum Gasteiger partial charge on any atom is 0.331 e. The molecule has 0 aromatic heterocycles. The number of phenols is 2. The van der Waals surface area contributed by atoms with E-state index in [0.29, 0.717) is 16.9 Å². The molecular formula is C26H18O8. The molecule has 0 amide bonds. The lowest BCUT2D eigenvalue weighted by molar-refractivity contribution is -0.139. The van der Waals surface area contributed by atoms with Gasteiger partial charge in [-0.05, 0) is 47.5 Å². The van der Waals surface area contributed by atoms with Crippen molar-refractivity contribution < 1.29 is 38.9 Å². The molecule has 0 bridgehead atoms. The lowest BCUT2D eigenvalue weighted by atomic mass is 9.82. The Morgan fingerprint density at radius 3 is 2.29 bits per heavy atom. The highest BCUT2D eigenvalue weighted by Gasteiger charge is 2.34. The molecule has 1 aliphatic rings. The van der Waals surface area contributed by atoms with Crippen molar-refractivity contribution in [2.24, 2.45) is 0 Å². The fourth-order valence-corrected chi connectivity index (χ4v) is 3.60. The molecular weight excluding hydrogens is 440 g/mol. The SMILES string of the molecule is CC(=O)Oc1ccc(/C=C/C(=O)OCc2cc(O)c3c(c2)C(=O)c2cccc(O)c2C3=O)cc1. The molecule has 4 rings (SSSR count). The average molecular weight is 458 g/mol. The van der Waals surface area contributed by atoms with Crippen LogP contribution < -0.4 is 4.74 Å². The van der Waals surface area contributed by atoms with Crippen molar-refractivity contribution in [3.05, 3.63) is 94.1 Å². The van der Waals surface area contributed by atoms with Crippen molar-refractivity contribution in [1.82, 2.24) is 0 Å². The van der Waals surface area contributed by atoms with Gasteiger partial charge < -0.3 is 19.7 Å². The summed E-state index contributed by atoms with van der Waals surface area (Å²) in [5.74, 6) is -2.70. The number of fused-ring (bicyclic) bond motifs is 2. The molecule has 0 unspecified atom stereocenters. The molecule has 0 atom stereocenters. The first-order valence-electron chi connectivity index (χ1n) is 10.1. The van der Waals surface area contributed by atoms with Gasteiger partial charge in [-0.3, -0.25) is 14.4 Å². The van der Waals surface area contributed by atoms with Gasteiger partial charge in [0.25, 0.3) is 0 Å². The van der Waals surface area contributed by atoms with Crippen LogP contribution in [0.25, 0.3) is 6.08 Å². The molecule has 0 radical (unpaired) electrons. The van der Waals surface area contributed by atoms with Crippen LogP contribution in [0.2, 0.25) is 0 Å². The van der Waals surface area contributed by atoms with E-state index in [1.165, 1.54) is 49.4 Å². The standard InChI is InChI=1S/C26H18O8/c1-14(27)34-17-8-5-15(6-9-17)7-10-22(30)33-13-16-11-19-24(21(29)12-16)26(32)23-18(25(19)31)3-2-4-20(23)28/h2-12,28-29H,13H2,1H3/b10-7+. The molecule has 0 saturated heterocycles. The second-order valence-electron chi connectivity index (χ2n) is 7.50. The maximum atomic E-state index is 12.9. The van der Waals surface area contributed by atoms with Crippen molar-refractivity contribution in [2.75, 3.05) is 0 Å². The van der Waals surface area contributed by atoms with Gasteiger partial charge in [0.1, 0.15) is 23.9 Å². The average Bonchev–Trinajstić information content (AvgIpc) is 2.80. The van der Waals surface area contributed by atoms with Crippen LogP contribution in [0.3, 0.4) is 0 Å². The third-order valence-corrected chi connectivity index (χ3v) is 5.10. The summed E-state index contributed by atoms with van der Waals surface area (Å²) in [6.07, 6.45) is 2.71. The van der Waals surface area contributed by atoms with E-state index in [1.807, 2.05) is 0 Å². The van der Waals surface area contributed by atoms with Gasteiger partial charge >= 0.3 is 11.9 Å². The van der Waals surface area contributed by atoms with E-state index >= 15 is 0 Å². The zero-order chi connectivity index (χ0) is 24.4. The van der Waals surface area contributed by atoms with Gasteiger partial charge in [0.05, 0.1) is 11.1 Å². The van der Waals surface area contributed by atoms with E-state index in [9.17, 15) is 29.4 Å². The second-order valence-corrected chi connectivity index (χ2v) is 7.50. The zero-order valence-corrected chi connectivity index (χ0v) is 17.9. The van der Waals surface area contributed by atoms with E-state index in [-0.39, 0.29) is 34.6 Å². The van der Waals surface area contributed by atoms with Crippen LogP contribution in [0.5, 0.6) is 17.2 Å². The lowest BCUT2D eigenvalue weighted by Gasteiger charge is -2.20. The molecule has 1 aliphatic carbocycles. The molecule has 3 aromatic rings. The van der Waals surface area contributed by atoms with Crippen LogP contribution in [0.15, 0.2) is 60.7 Å². The quantitative estimate of drug-likeness (QED) is 0.264. The predicted octanol–water partition coefficient (Wildman–Crippen LogP) is 3.56. The molecule has 0 spiro atoms. The minimum atomic E-state index is -0.668. The van der Waals surface area contributed by atoms with Gasteiger partial charge in [0.2, 0.25) is 5.78 Å². The first-order chi connectivity index (χ1) is 16.2. The summed E-state index contributed by atoms with van der Waals surface area (Å²) in [7, 11) is 0. The normalized spacial score (nSPS) is 12.3. The number of benzene rings is 3. The number of ketones is 2. The Kier molecular flexibility index (Phi) is 5.97. The molecule has 0 saturated carbocycles. The number of phenolic OH excluding ortho intramolecular Hbond substituents is 2. The molecule has 8 heteroatoms. The van der Waals surface area contributed by atoms with E-state index in [4.69, 9.17) is 9.47 Å². The summed E-state index contributed by atoms with van der Waals surface area (Å²) in [5.41, 5.74) is 0.636. The van der Waals surface area contributed by atoms with E-state index < -0.39 is 29.3 Å². The van der Waals surface area contributed by atoms with Gasteiger partial charge in [-0.15, -0.1) is 0 Å². The molecule has 34 heavy (non-hydrogen) atoms. The Morgan fingerprint density at radius 1 is 0.882 bits per heavy atom. The smallest absolute Gasteiger partial charge is 0.331 e. The number of carbonyl (C=O) groups excluding carboxylic acids is 4. The summed E-state index contributed by atoms with van der Waals surface area (Å²) in [6.45, 7) is 1.05. The van der Waals surface area contributed by atoms with Crippen molar-refractivity contribution in [3.8, 4) is 17.2 Å². The molecule has 0 heterocycles.